The van der Waals surface area contributed by atoms with Crippen molar-refractivity contribution in [2.24, 2.45) is 0 Å². The second-order valence-corrected chi connectivity index (χ2v) is 6.11. The van der Waals surface area contributed by atoms with Gasteiger partial charge in [-0.2, -0.15) is 0 Å². The zero-order valence-electron chi connectivity index (χ0n) is 14.7. The zero-order chi connectivity index (χ0) is 18.4. The van der Waals surface area contributed by atoms with Crippen molar-refractivity contribution in [3.05, 3.63) is 101 Å². The van der Waals surface area contributed by atoms with Gasteiger partial charge in [-0.1, -0.05) is 48.0 Å². The molecular weight excluding hydrogens is 322 g/mol. The quantitative estimate of drug-likeness (QED) is 0.527. The lowest BCUT2D eigenvalue weighted by Gasteiger charge is -2.11. The minimum atomic E-state index is -0.0501. The molecule has 0 saturated carbocycles. The van der Waals surface area contributed by atoms with Gasteiger partial charge < -0.3 is 4.74 Å². The summed E-state index contributed by atoms with van der Waals surface area (Å²) in [5.74, 6) is -0.0882. The van der Waals surface area contributed by atoms with Gasteiger partial charge in [-0.25, -0.2) is 0 Å². The highest BCUT2D eigenvalue weighted by Gasteiger charge is 2.13. The van der Waals surface area contributed by atoms with E-state index in [-0.39, 0.29) is 11.8 Å². The van der Waals surface area contributed by atoms with Gasteiger partial charge in [0.15, 0.2) is 0 Å². The van der Waals surface area contributed by atoms with E-state index in [4.69, 9.17) is 15.6 Å². The summed E-state index contributed by atoms with van der Waals surface area (Å²) in [6, 6.07) is 21.2. The molecule has 3 rings (SSSR count). The van der Waals surface area contributed by atoms with Gasteiger partial charge in [0, 0.05) is 11.8 Å². The van der Waals surface area contributed by atoms with Crippen molar-refractivity contribution in [1.82, 2.24) is 4.98 Å². The molecule has 0 aliphatic carbocycles. The average molecular weight is 343 g/mol. The Hall–Kier alpha value is -3.27. The predicted molar refractivity (Wildman–Crippen MR) is 104 cm³/mol. The lowest BCUT2D eigenvalue weighted by Crippen LogP contribution is -2.15. The van der Waals surface area contributed by atoms with E-state index in [1.807, 2.05) is 24.3 Å². The molecule has 1 aromatic heterocycles. The van der Waals surface area contributed by atoms with E-state index < -0.39 is 0 Å². The lowest BCUT2D eigenvalue weighted by molar-refractivity contribution is 0.537. The summed E-state index contributed by atoms with van der Waals surface area (Å²) in [5, 5.41) is 16.3. The number of hydrogen-bond donors (Lipinski definition) is 2. The highest BCUT2D eigenvalue weighted by molar-refractivity contribution is 6.05. The largest absolute Gasteiger partial charge is 0.421 e. The van der Waals surface area contributed by atoms with Crippen LogP contribution >= 0.6 is 0 Å². The molecule has 1 heterocycles. The fourth-order valence-electron chi connectivity index (χ4n) is 2.67. The van der Waals surface area contributed by atoms with Crippen LogP contribution < -0.4 is 0 Å². The third-order valence-corrected chi connectivity index (χ3v) is 4.15. The molecule has 0 bridgehead atoms. The average Bonchev–Trinajstić information content (AvgIpc) is 2.68. The normalized spacial score (nSPS) is 10.3. The molecule has 0 fully saturated rings. The highest BCUT2D eigenvalue weighted by Crippen LogP contribution is 2.13. The molecule has 0 amide bonds. The van der Waals surface area contributed by atoms with E-state index in [2.05, 4.69) is 36.2 Å². The third-order valence-electron chi connectivity index (χ3n) is 4.15. The maximum atomic E-state index is 8.26. The summed E-state index contributed by atoms with van der Waals surface area (Å²) in [6.07, 6.45) is 3.28. The molecule has 4 nitrogen and oxygen atoms in total. The van der Waals surface area contributed by atoms with Crippen LogP contribution in [-0.2, 0) is 17.6 Å². The van der Waals surface area contributed by atoms with Gasteiger partial charge in [-0.3, -0.25) is 15.8 Å². The standard InChI is InChI=1S/C22H21N3O/c1-16-9-11-17(12-10-16)13-14-20-19(8-5-15-25-20)22(24)26-21(23)18-6-3-2-4-7-18/h2-12,15,23-24H,13-14H2,1H3. The Bertz CT molecular complexity index is 902. The van der Waals surface area contributed by atoms with Crippen molar-refractivity contribution < 1.29 is 4.74 Å². The molecular formula is C22H21N3O. The molecule has 0 radical (unpaired) electrons. The van der Waals surface area contributed by atoms with Crippen LogP contribution in [0.3, 0.4) is 0 Å². The van der Waals surface area contributed by atoms with Crippen molar-refractivity contribution in [2.45, 2.75) is 19.8 Å². The molecule has 2 N–H and O–H groups in total. The number of hydrogen-bond acceptors (Lipinski definition) is 4. The summed E-state index contributed by atoms with van der Waals surface area (Å²) in [5.41, 5.74) is 4.54. The fourth-order valence-corrected chi connectivity index (χ4v) is 2.67. The Labute approximate surface area is 153 Å². The molecule has 4 heteroatoms. The van der Waals surface area contributed by atoms with Crippen LogP contribution in [0.4, 0.5) is 0 Å². The van der Waals surface area contributed by atoms with E-state index >= 15 is 0 Å². The molecule has 0 spiro atoms. The van der Waals surface area contributed by atoms with Gasteiger partial charge in [-0.15, -0.1) is 0 Å². The lowest BCUT2D eigenvalue weighted by atomic mass is 10.0. The first-order chi connectivity index (χ1) is 12.6. The summed E-state index contributed by atoms with van der Waals surface area (Å²) in [6.45, 7) is 2.07. The zero-order valence-corrected chi connectivity index (χ0v) is 14.7. The smallest absolute Gasteiger partial charge is 0.223 e. The summed E-state index contributed by atoms with van der Waals surface area (Å²) in [7, 11) is 0. The SMILES string of the molecule is Cc1ccc(CCc2ncccc2C(=N)OC(=N)c2ccccc2)cc1. The van der Waals surface area contributed by atoms with Gasteiger partial charge in [0.2, 0.25) is 11.8 Å². The van der Waals surface area contributed by atoms with Crippen LogP contribution in [0, 0.1) is 17.7 Å². The second-order valence-electron chi connectivity index (χ2n) is 6.11. The Kier molecular flexibility index (Phi) is 5.54. The summed E-state index contributed by atoms with van der Waals surface area (Å²) in [4.78, 5) is 4.42. The molecule has 0 aliphatic heterocycles. The summed E-state index contributed by atoms with van der Waals surface area (Å²) >= 11 is 0. The van der Waals surface area contributed by atoms with E-state index in [9.17, 15) is 0 Å². The Morgan fingerprint density at radius 3 is 2.31 bits per heavy atom. The van der Waals surface area contributed by atoms with Crippen molar-refractivity contribution in [3.63, 3.8) is 0 Å². The molecule has 26 heavy (non-hydrogen) atoms. The van der Waals surface area contributed by atoms with Crippen molar-refractivity contribution in [2.75, 3.05) is 0 Å². The Morgan fingerprint density at radius 2 is 1.58 bits per heavy atom. The Morgan fingerprint density at radius 1 is 0.846 bits per heavy atom. The minimum Gasteiger partial charge on any atom is -0.421 e. The highest BCUT2D eigenvalue weighted by atomic mass is 16.5. The van der Waals surface area contributed by atoms with E-state index in [1.165, 1.54) is 11.1 Å². The van der Waals surface area contributed by atoms with Crippen molar-refractivity contribution >= 4 is 11.8 Å². The molecule has 0 unspecified atom stereocenters. The van der Waals surface area contributed by atoms with Gasteiger partial charge in [0.05, 0.1) is 11.3 Å². The van der Waals surface area contributed by atoms with Crippen LogP contribution in [0.1, 0.15) is 27.9 Å². The van der Waals surface area contributed by atoms with Gasteiger partial charge in [-0.05, 0) is 49.6 Å². The van der Waals surface area contributed by atoms with Crippen molar-refractivity contribution in [3.8, 4) is 0 Å². The number of rotatable bonds is 5. The van der Waals surface area contributed by atoms with Crippen LogP contribution in [0.5, 0.6) is 0 Å². The molecule has 2 aromatic carbocycles. The van der Waals surface area contributed by atoms with Gasteiger partial charge in [0.25, 0.3) is 0 Å². The topological polar surface area (TPSA) is 69.8 Å². The van der Waals surface area contributed by atoms with E-state index in [0.29, 0.717) is 17.5 Å². The monoisotopic (exact) mass is 343 g/mol. The molecule has 0 aliphatic rings. The number of nitrogens with one attached hydrogen (secondary N) is 2. The first-order valence-electron chi connectivity index (χ1n) is 8.53. The fraction of sp³-hybridized carbons (Fsp3) is 0.136. The molecule has 130 valence electrons. The second kappa shape index (κ2) is 8.21. The van der Waals surface area contributed by atoms with E-state index in [1.54, 1.807) is 24.4 Å². The number of aromatic nitrogens is 1. The third kappa shape index (κ3) is 4.42. The number of nitrogens with zero attached hydrogens (tertiary/aromatic N) is 1. The first-order valence-corrected chi connectivity index (χ1v) is 8.53. The molecule has 0 atom stereocenters. The van der Waals surface area contributed by atoms with Gasteiger partial charge in [0.1, 0.15) is 0 Å². The number of benzene rings is 2. The number of aryl methyl sites for hydroxylation is 3. The number of pyridine rings is 1. The first kappa shape index (κ1) is 17.5. The van der Waals surface area contributed by atoms with Crippen LogP contribution in [0.15, 0.2) is 72.9 Å². The maximum absolute atomic E-state index is 8.26. The molecule has 3 aromatic rings. The minimum absolute atomic E-state index is 0.0380. The number of ether oxygens (including phenoxy) is 1. The van der Waals surface area contributed by atoms with Crippen LogP contribution in [0.25, 0.3) is 0 Å². The predicted octanol–water partition coefficient (Wildman–Crippen LogP) is 4.54. The Balaban J connectivity index is 1.70. The van der Waals surface area contributed by atoms with Crippen LogP contribution in [-0.4, -0.2) is 16.8 Å². The van der Waals surface area contributed by atoms with E-state index in [0.717, 1.165) is 12.1 Å². The van der Waals surface area contributed by atoms with Crippen LogP contribution in [0.2, 0.25) is 0 Å². The molecule has 0 saturated heterocycles. The summed E-state index contributed by atoms with van der Waals surface area (Å²) < 4.78 is 5.46. The maximum Gasteiger partial charge on any atom is 0.223 e. The van der Waals surface area contributed by atoms with Crippen molar-refractivity contribution in [1.29, 1.82) is 10.8 Å². The van der Waals surface area contributed by atoms with Gasteiger partial charge >= 0.3 is 0 Å².